The number of hydrogen-bond donors (Lipinski definition) is 1. The van der Waals surface area contributed by atoms with Gasteiger partial charge in [0.2, 0.25) is 5.91 Å². The van der Waals surface area contributed by atoms with Crippen molar-refractivity contribution in [3.05, 3.63) is 0 Å². The Bertz CT molecular complexity index is 139. The SMILES string of the molecule is CC(CCN(C)C)NC(=O)CBr. The van der Waals surface area contributed by atoms with Gasteiger partial charge in [-0.05, 0) is 34.0 Å². The molecule has 0 heterocycles. The average Bonchev–Trinajstić information content (AvgIpc) is 2.00. The number of nitrogens with one attached hydrogen (secondary N) is 1. The van der Waals surface area contributed by atoms with E-state index in [1.807, 2.05) is 21.0 Å². The highest BCUT2D eigenvalue weighted by Gasteiger charge is 2.05. The first-order valence-electron chi connectivity index (χ1n) is 4.06. The fourth-order valence-corrected chi connectivity index (χ4v) is 0.999. The van der Waals surface area contributed by atoms with E-state index in [0.717, 1.165) is 13.0 Å². The first-order valence-corrected chi connectivity index (χ1v) is 5.18. The molecule has 0 fully saturated rings. The molecule has 0 aromatic rings. The van der Waals surface area contributed by atoms with Crippen LogP contribution in [0.4, 0.5) is 0 Å². The molecule has 3 nitrogen and oxygen atoms in total. The summed E-state index contributed by atoms with van der Waals surface area (Å²) in [7, 11) is 4.05. The molecule has 0 saturated heterocycles. The van der Waals surface area contributed by atoms with Gasteiger partial charge in [-0.1, -0.05) is 15.9 Å². The Hall–Kier alpha value is -0.0900. The molecule has 0 aliphatic rings. The van der Waals surface area contributed by atoms with Crippen LogP contribution < -0.4 is 5.32 Å². The summed E-state index contributed by atoms with van der Waals surface area (Å²) in [4.78, 5) is 13.0. The third-order valence-electron chi connectivity index (χ3n) is 1.54. The summed E-state index contributed by atoms with van der Waals surface area (Å²) in [5.74, 6) is 0.0567. The highest BCUT2D eigenvalue weighted by atomic mass is 79.9. The maximum Gasteiger partial charge on any atom is 0.230 e. The van der Waals surface area contributed by atoms with Crippen LogP contribution in [0.2, 0.25) is 0 Å². The molecule has 72 valence electrons. The maximum atomic E-state index is 10.9. The van der Waals surface area contributed by atoms with E-state index in [0.29, 0.717) is 5.33 Å². The van der Waals surface area contributed by atoms with E-state index < -0.39 is 0 Å². The lowest BCUT2D eigenvalue weighted by Crippen LogP contribution is -2.35. The molecule has 4 heteroatoms. The number of nitrogens with zero attached hydrogens (tertiary/aromatic N) is 1. The van der Waals surface area contributed by atoms with Crippen molar-refractivity contribution in [3.8, 4) is 0 Å². The Morgan fingerprint density at radius 2 is 2.17 bits per heavy atom. The van der Waals surface area contributed by atoms with E-state index in [9.17, 15) is 4.79 Å². The summed E-state index contributed by atoms with van der Waals surface area (Å²) >= 11 is 3.10. The second-order valence-electron chi connectivity index (χ2n) is 3.19. The molecule has 0 radical (unpaired) electrons. The smallest absolute Gasteiger partial charge is 0.230 e. The summed E-state index contributed by atoms with van der Waals surface area (Å²) in [6.07, 6.45) is 0.992. The largest absolute Gasteiger partial charge is 0.353 e. The second kappa shape index (κ2) is 6.43. The monoisotopic (exact) mass is 236 g/mol. The van der Waals surface area contributed by atoms with Gasteiger partial charge in [0.15, 0.2) is 0 Å². The minimum absolute atomic E-state index is 0.0567. The molecule has 1 atom stereocenters. The molecule has 0 bridgehead atoms. The maximum absolute atomic E-state index is 10.9. The highest BCUT2D eigenvalue weighted by Crippen LogP contribution is 1.92. The highest BCUT2D eigenvalue weighted by molar-refractivity contribution is 9.09. The van der Waals surface area contributed by atoms with E-state index in [2.05, 4.69) is 26.1 Å². The third-order valence-corrected chi connectivity index (χ3v) is 2.05. The lowest BCUT2D eigenvalue weighted by atomic mass is 10.2. The number of hydrogen-bond acceptors (Lipinski definition) is 2. The zero-order valence-electron chi connectivity index (χ0n) is 7.93. The van der Waals surface area contributed by atoms with Crippen molar-refractivity contribution in [1.82, 2.24) is 10.2 Å². The number of halogens is 1. The average molecular weight is 237 g/mol. The molecule has 0 aliphatic carbocycles. The van der Waals surface area contributed by atoms with E-state index in [1.165, 1.54) is 0 Å². The van der Waals surface area contributed by atoms with Gasteiger partial charge < -0.3 is 10.2 Å². The summed E-state index contributed by atoms with van der Waals surface area (Å²) < 4.78 is 0. The Kier molecular flexibility index (Phi) is 6.38. The Morgan fingerprint density at radius 3 is 2.58 bits per heavy atom. The van der Waals surface area contributed by atoms with Crippen molar-refractivity contribution in [3.63, 3.8) is 0 Å². The quantitative estimate of drug-likeness (QED) is 0.718. The first-order chi connectivity index (χ1) is 5.56. The summed E-state index contributed by atoms with van der Waals surface area (Å²) in [5.41, 5.74) is 0. The Balaban J connectivity index is 3.45. The van der Waals surface area contributed by atoms with E-state index >= 15 is 0 Å². The topological polar surface area (TPSA) is 32.3 Å². The fourth-order valence-electron chi connectivity index (χ4n) is 0.837. The fraction of sp³-hybridized carbons (Fsp3) is 0.875. The van der Waals surface area contributed by atoms with Gasteiger partial charge in [-0.25, -0.2) is 0 Å². The third kappa shape index (κ3) is 6.61. The molecular formula is C8H17BrN2O. The summed E-state index contributed by atoms with van der Waals surface area (Å²) in [6, 6.07) is 0.262. The van der Waals surface area contributed by atoms with Crippen LogP contribution in [-0.4, -0.2) is 42.8 Å². The minimum atomic E-state index is 0.0567. The number of alkyl halides is 1. The molecule has 12 heavy (non-hydrogen) atoms. The van der Waals surface area contributed by atoms with Crippen molar-refractivity contribution in [2.24, 2.45) is 0 Å². The van der Waals surface area contributed by atoms with Gasteiger partial charge in [-0.3, -0.25) is 4.79 Å². The number of carbonyl (C=O) groups is 1. The number of rotatable bonds is 5. The molecule has 1 N–H and O–H groups in total. The minimum Gasteiger partial charge on any atom is -0.353 e. The molecule has 0 saturated carbocycles. The first kappa shape index (κ1) is 11.9. The van der Waals surface area contributed by atoms with E-state index in [-0.39, 0.29) is 11.9 Å². The molecule has 0 aromatic heterocycles. The zero-order valence-corrected chi connectivity index (χ0v) is 9.52. The molecular weight excluding hydrogens is 220 g/mol. The van der Waals surface area contributed by atoms with Gasteiger partial charge in [0.05, 0.1) is 5.33 Å². The normalized spacial score (nSPS) is 13.1. The molecule has 0 rings (SSSR count). The lowest BCUT2D eigenvalue weighted by molar-refractivity contribution is -0.119. The molecule has 0 aromatic carbocycles. The molecule has 1 unspecified atom stereocenters. The van der Waals surface area contributed by atoms with Crippen LogP contribution in [0.25, 0.3) is 0 Å². The van der Waals surface area contributed by atoms with Crippen molar-refractivity contribution in [2.45, 2.75) is 19.4 Å². The van der Waals surface area contributed by atoms with Crippen LogP contribution in [0.1, 0.15) is 13.3 Å². The van der Waals surface area contributed by atoms with Gasteiger partial charge in [0.25, 0.3) is 0 Å². The predicted octanol–water partition coefficient (Wildman–Crippen LogP) is 0.838. The van der Waals surface area contributed by atoms with Gasteiger partial charge >= 0.3 is 0 Å². The molecule has 0 spiro atoms. The predicted molar refractivity (Wildman–Crippen MR) is 54.6 cm³/mol. The summed E-state index contributed by atoms with van der Waals surface area (Å²) in [5, 5.41) is 3.26. The van der Waals surface area contributed by atoms with Gasteiger partial charge in [0.1, 0.15) is 0 Å². The van der Waals surface area contributed by atoms with Crippen LogP contribution in [0, 0.1) is 0 Å². The number of amides is 1. The van der Waals surface area contributed by atoms with Crippen LogP contribution in [0.15, 0.2) is 0 Å². The standard InChI is InChI=1S/C8H17BrN2O/c1-7(4-5-11(2)3)10-8(12)6-9/h7H,4-6H2,1-3H3,(H,10,12). The summed E-state index contributed by atoms with van der Waals surface area (Å²) in [6.45, 7) is 3.02. The Morgan fingerprint density at radius 1 is 1.58 bits per heavy atom. The van der Waals surface area contributed by atoms with E-state index in [4.69, 9.17) is 0 Å². The number of carbonyl (C=O) groups excluding carboxylic acids is 1. The van der Waals surface area contributed by atoms with E-state index in [1.54, 1.807) is 0 Å². The van der Waals surface area contributed by atoms with Crippen molar-refractivity contribution < 1.29 is 4.79 Å². The van der Waals surface area contributed by atoms with Crippen LogP contribution in [0.3, 0.4) is 0 Å². The van der Waals surface area contributed by atoms with Crippen molar-refractivity contribution in [1.29, 1.82) is 0 Å². The van der Waals surface area contributed by atoms with Gasteiger partial charge in [-0.15, -0.1) is 0 Å². The van der Waals surface area contributed by atoms with Crippen molar-refractivity contribution >= 4 is 21.8 Å². The lowest BCUT2D eigenvalue weighted by Gasteiger charge is -2.15. The Labute approximate surface area is 82.6 Å². The van der Waals surface area contributed by atoms with Gasteiger partial charge in [0, 0.05) is 6.04 Å². The molecule has 0 aliphatic heterocycles. The zero-order chi connectivity index (χ0) is 9.56. The van der Waals surface area contributed by atoms with Crippen LogP contribution in [-0.2, 0) is 4.79 Å². The second-order valence-corrected chi connectivity index (χ2v) is 3.75. The van der Waals surface area contributed by atoms with Crippen molar-refractivity contribution in [2.75, 3.05) is 26.0 Å². The molecule has 1 amide bonds. The van der Waals surface area contributed by atoms with Crippen LogP contribution >= 0.6 is 15.9 Å². The van der Waals surface area contributed by atoms with Crippen LogP contribution in [0.5, 0.6) is 0 Å². The van der Waals surface area contributed by atoms with Gasteiger partial charge in [-0.2, -0.15) is 0 Å².